The highest BCUT2D eigenvalue weighted by Crippen LogP contribution is 2.23. The molecule has 4 aromatic rings. The maximum Gasteiger partial charge on any atom is 0.323 e. The van der Waals surface area contributed by atoms with Crippen molar-refractivity contribution in [2.45, 2.75) is 4.90 Å². The maximum atomic E-state index is 12.5. The fourth-order valence-corrected chi connectivity index (χ4v) is 3.39. The zero-order valence-electron chi connectivity index (χ0n) is 11.5. The summed E-state index contributed by atoms with van der Waals surface area (Å²) in [6.07, 6.45) is 2.89. The van der Waals surface area contributed by atoms with Crippen LogP contribution >= 0.6 is 0 Å². The van der Waals surface area contributed by atoms with Gasteiger partial charge in [0.05, 0.1) is 16.7 Å². The largest absolute Gasteiger partial charge is 0.464 e. The zero-order valence-corrected chi connectivity index (χ0v) is 12.3. The number of hydrogen-bond acceptors (Lipinski definition) is 5. The Kier molecular flexibility index (Phi) is 2.78. The minimum absolute atomic E-state index is 0.0492. The van der Waals surface area contributed by atoms with Crippen LogP contribution in [0.15, 0.2) is 56.9 Å². The summed E-state index contributed by atoms with van der Waals surface area (Å²) in [5, 5.41) is 0.675. The molecule has 0 bridgehead atoms. The number of furan rings is 1. The van der Waals surface area contributed by atoms with Crippen LogP contribution in [-0.4, -0.2) is 23.4 Å². The van der Waals surface area contributed by atoms with Gasteiger partial charge in [0.1, 0.15) is 11.1 Å². The number of rotatable bonds is 3. The van der Waals surface area contributed by atoms with Gasteiger partial charge in [0, 0.05) is 11.6 Å². The van der Waals surface area contributed by atoms with Crippen LogP contribution in [0.2, 0.25) is 0 Å². The van der Waals surface area contributed by atoms with Gasteiger partial charge in [0.15, 0.2) is 5.82 Å². The van der Waals surface area contributed by atoms with Crippen LogP contribution < -0.4 is 10.4 Å². The number of fused-ring (bicyclic) bond motifs is 2. The van der Waals surface area contributed by atoms with Crippen molar-refractivity contribution in [1.29, 1.82) is 0 Å². The van der Waals surface area contributed by atoms with Crippen LogP contribution in [0.4, 0.5) is 5.82 Å². The number of anilines is 1. The second-order valence-corrected chi connectivity index (χ2v) is 6.57. The molecule has 9 heteroatoms. The van der Waals surface area contributed by atoms with Gasteiger partial charge in [-0.3, -0.25) is 4.72 Å². The van der Waals surface area contributed by atoms with E-state index in [1.807, 2.05) is 0 Å². The molecule has 23 heavy (non-hydrogen) atoms. The van der Waals surface area contributed by atoms with Gasteiger partial charge in [-0.25, -0.2) is 18.2 Å². The van der Waals surface area contributed by atoms with Crippen molar-refractivity contribution < 1.29 is 12.8 Å². The monoisotopic (exact) mass is 330 g/mol. The molecule has 4 rings (SSSR count). The Morgan fingerprint density at radius 1 is 1.13 bits per heavy atom. The number of hydrogen-bond donors (Lipinski definition) is 3. The van der Waals surface area contributed by atoms with Crippen LogP contribution in [0.1, 0.15) is 0 Å². The Labute approximate surface area is 129 Å². The van der Waals surface area contributed by atoms with E-state index in [0.717, 1.165) is 0 Å². The molecule has 0 spiro atoms. The first-order valence-electron chi connectivity index (χ1n) is 6.60. The normalized spacial score (nSPS) is 12.0. The van der Waals surface area contributed by atoms with E-state index < -0.39 is 15.7 Å². The molecule has 3 N–H and O–H groups in total. The molecule has 0 saturated heterocycles. The zero-order chi connectivity index (χ0) is 16.0. The topological polar surface area (TPSA) is 121 Å². The summed E-state index contributed by atoms with van der Waals surface area (Å²) in [4.78, 5) is 20.5. The summed E-state index contributed by atoms with van der Waals surface area (Å²) in [5.41, 5.74) is 0.922. The van der Waals surface area contributed by atoms with E-state index in [4.69, 9.17) is 4.42 Å². The standard InChI is InChI=1S/C14H10N4O4S/c19-14-16-10-3-5-15-13(12(10)17-14)18-23(20,21)9-1-2-11-8(7-9)4-6-22-11/h1-7H,(H,15,18)(H2,16,17,19). The smallest absolute Gasteiger partial charge is 0.323 e. The quantitative estimate of drug-likeness (QED) is 0.529. The first-order valence-corrected chi connectivity index (χ1v) is 8.08. The molecular weight excluding hydrogens is 320 g/mol. The molecule has 0 unspecified atom stereocenters. The number of benzene rings is 1. The molecule has 0 aliphatic carbocycles. The number of H-pyrrole nitrogens is 2. The average molecular weight is 330 g/mol. The second-order valence-electron chi connectivity index (χ2n) is 4.89. The van der Waals surface area contributed by atoms with E-state index in [1.165, 1.54) is 24.6 Å². The Morgan fingerprint density at radius 2 is 2.00 bits per heavy atom. The molecule has 3 aromatic heterocycles. The van der Waals surface area contributed by atoms with E-state index in [2.05, 4.69) is 19.7 Å². The fraction of sp³-hybridized carbons (Fsp3) is 0. The van der Waals surface area contributed by atoms with Gasteiger partial charge in [-0.05, 0) is 30.3 Å². The van der Waals surface area contributed by atoms with Gasteiger partial charge >= 0.3 is 5.69 Å². The minimum atomic E-state index is -3.85. The van der Waals surface area contributed by atoms with E-state index in [9.17, 15) is 13.2 Å². The third-order valence-corrected chi connectivity index (χ3v) is 4.74. The van der Waals surface area contributed by atoms with Crippen molar-refractivity contribution >= 4 is 37.8 Å². The van der Waals surface area contributed by atoms with E-state index in [-0.39, 0.29) is 10.7 Å². The molecule has 1 aromatic carbocycles. The van der Waals surface area contributed by atoms with Gasteiger partial charge in [-0.15, -0.1) is 0 Å². The molecule has 0 fully saturated rings. The number of pyridine rings is 1. The van der Waals surface area contributed by atoms with Crippen molar-refractivity contribution in [3.8, 4) is 0 Å². The number of aromatic nitrogens is 3. The molecule has 8 nitrogen and oxygen atoms in total. The molecular formula is C14H10N4O4S. The molecule has 116 valence electrons. The van der Waals surface area contributed by atoms with Crippen LogP contribution in [0.5, 0.6) is 0 Å². The molecule has 0 saturated carbocycles. The van der Waals surface area contributed by atoms with Gasteiger partial charge in [-0.2, -0.15) is 0 Å². The lowest BCUT2D eigenvalue weighted by Crippen LogP contribution is -2.14. The number of nitrogens with zero attached hydrogens (tertiary/aromatic N) is 1. The Morgan fingerprint density at radius 3 is 2.87 bits per heavy atom. The highest BCUT2D eigenvalue weighted by atomic mass is 32.2. The molecule has 3 heterocycles. The summed E-state index contributed by atoms with van der Waals surface area (Å²) >= 11 is 0. The number of imidazole rings is 1. The van der Waals surface area contributed by atoms with Crippen molar-refractivity contribution in [3.63, 3.8) is 0 Å². The second kappa shape index (κ2) is 4.71. The van der Waals surface area contributed by atoms with Gasteiger partial charge in [0.2, 0.25) is 0 Å². The molecule has 0 aliphatic heterocycles. The summed E-state index contributed by atoms with van der Waals surface area (Å²) in [5.74, 6) is 0.0492. The highest BCUT2D eigenvalue weighted by Gasteiger charge is 2.18. The van der Waals surface area contributed by atoms with E-state index in [0.29, 0.717) is 22.0 Å². The fourth-order valence-electron chi connectivity index (χ4n) is 2.34. The van der Waals surface area contributed by atoms with Crippen molar-refractivity contribution in [3.05, 3.63) is 53.3 Å². The first-order chi connectivity index (χ1) is 11.0. The maximum absolute atomic E-state index is 12.5. The van der Waals surface area contributed by atoms with E-state index in [1.54, 1.807) is 18.2 Å². The van der Waals surface area contributed by atoms with Crippen molar-refractivity contribution in [2.24, 2.45) is 0 Å². The molecule has 0 aliphatic rings. The SMILES string of the molecule is O=c1[nH]c2ccnc(NS(=O)(=O)c3ccc4occc4c3)c2[nH]1. The molecule has 0 radical (unpaired) electrons. The lowest BCUT2D eigenvalue weighted by Gasteiger charge is -2.07. The van der Waals surface area contributed by atoms with Gasteiger partial charge in [-0.1, -0.05) is 0 Å². The lowest BCUT2D eigenvalue weighted by molar-refractivity contribution is 0.601. The molecule has 0 amide bonds. The molecule has 0 atom stereocenters. The van der Waals surface area contributed by atoms with Gasteiger partial charge in [0.25, 0.3) is 10.0 Å². The Hall–Kier alpha value is -3.07. The van der Waals surface area contributed by atoms with Crippen LogP contribution in [0.25, 0.3) is 22.0 Å². The van der Waals surface area contributed by atoms with Crippen molar-refractivity contribution in [1.82, 2.24) is 15.0 Å². The number of aromatic amines is 2. The Bertz CT molecular complexity index is 1190. The first kappa shape index (κ1) is 13.6. The minimum Gasteiger partial charge on any atom is -0.464 e. The van der Waals surface area contributed by atoms with Crippen molar-refractivity contribution in [2.75, 3.05) is 4.72 Å². The lowest BCUT2D eigenvalue weighted by atomic mass is 10.3. The Balaban J connectivity index is 1.80. The average Bonchev–Trinajstić information content (AvgIpc) is 3.11. The summed E-state index contributed by atoms with van der Waals surface area (Å²) < 4.78 is 32.6. The summed E-state index contributed by atoms with van der Waals surface area (Å²) in [7, 11) is -3.85. The van der Waals surface area contributed by atoms with Crippen LogP contribution in [0.3, 0.4) is 0 Å². The summed E-state index contributed by atoms with van der Waals surface area (Å²) in [6, 6.07) is 7.77. The third-order valence-electron chi connectivity index (χ3n) is 3.40. The summed E-state index contributed by atoms with van der Waals surface area (Å²) in [6.45, 7) is 0. The van der Waals surface area contributed by atoms with Crippen LogP contribution in [0, 0.1) is 0 Å². The number of sulfonamides is 1. The van der Waals surface area contributed by atoms with E-state index >= 15 is 0 Å². The van der Waals surface area contributed by atoms with Crippen LogP contribution in [-0.2, 0) is 10.0 Å². The predicted octanol–water partition coefficient (Wildman–Crippen LogP) is 1.80. The number of nitrogens with one attached hydrogen (secondary N) is 3. The highest BCUT2D eigenvalue weighted by molar-refractivity contribution is 7.92. The van der Waals surface area contributed by atoms with Gasteiger partial charge < -0.3 is 14.4 Å². The third kappa shape index (κ3) is 2.27. The predicted molar refractivity (Wildman–Crippen MR) is 83.7 cm³/mol.